The highest BCUT2D eigenvalue weighted by molar-refractivity contribution is 9.10. The van der Waals surface area contributed by atoms with Crippen molar-refractivity contribution >= 4 is 27.7 Å². The van der Waals surface area contributed by atoms with Crippen molar-refractivity contribution in [2.45, 2.75) is 25.3 Å². The molecule has 0 bridgehead atoms. The number of halogens is 1. The molecule has 2 aromatic carbocycles. The summed E-state index contributed by atoms with van der Waals surface area (Å²) < 4.78 is 6.27. The number of nitrogens with one attached hydrogen (secondary N) is 1. The SMILES string of the molecule is C#CCOc1ccc(CCNC(=O)C2CCCN2C(=O)c2ccc(Br)cc2)cc1. The molecule has 1 N–H and O–H groups in total. The number of nitrogens with zero attached hydrogens (tertiary/aromatic N) is 1. The maximum atomic E-state index is 12.8. The molecule has 6 heteroatoms. The first-order chi connectivity index (χ1) is 14.1. The number of terminal acetylenes is 1. The lowest BCUT2D eigenvalue weighted by molar-refractivity contribution is -0.124. The van der Waals surface area contributed by atoms with Gasteiger partial charge in [-0.2, -0.15) is 0 Å². The van der Waals surface area contributed by atoms with E-state index >= 15 is 0 Å². The zero-order valence-corrected chi connectivity index (χ0v) is 17.7. The Bertz CT molecular complexity index is 888. The Labute approximate surface area is 179 Å². The highest BCUT2D eigenvalue weighted by atomic mass is 79.9. The number of benzene rings is 2. The number of amides is 2. The van der Waals surface area contributed by atoms with Crippen LogP contribution in [0, 0.1) is 12.3 Å². The molecule has 0 aliphatic carbocycles. The molecule has 0 aromatic heterocycles. The summed E-state index contributed by atoms with van der Waals surface area (Å²) in [5.41, 5.74) is 1.69. The molecule has 29 heavy (non-hydrogen) atoms. The van der Waals surface area contributed by atoms with Gasteiger partial charge in [-0.05, 0) is 61.2 Å². The smallest absolute Gasteiger partial charge is 0.254 e. The lowest BCUT2D eigenvalue weighted by Crippen LogP contribution is -2.46. The first-order valence-corrected chi connectivity index (χ1v) is 10.4. The van der Waals surface area contributed by atoms with Gasteiger partial charge in [-0.15, -0.1) is 6.42 Å². The Morgan fingerprint density at radius 1 is 1.17 bits per heavy atom. The summed E-state index contributed by atoms with van der Waals surface area (Å²) in [4.78, 5) is 27.1. The van der Waals surface area contributed by atoms with Gasteiger partial charge in [0.25, 0.3) is 5.91 Å². The van der Waals surface area contributed by atoms with E-state index in [4.69, 9.17) is 11.2 Å². The van der Waals surface area contributed by atoms with Crippen molar-refractivity contribution in [2.24, 2.45) is 0 Å². The van der Waals surface area contributed by atoms with Crippen LogP contribution in [0.15, 0.2) is 53.0 Å². The quantitative estimate of drug-likeness (QED) is 0.651. The summed E-state index contributed by atoms with van der Waals surface area (Å²) in [7, 11) is 0. The summed E-state index contributed by atoms with van der Waals surface area (Å²) >= 11 is 3.37. The van der Waals surface area contributed by atoms with Crippen LogP contribution in [0.4, 0.5) is 0 Å². The molecule has 1 atom stereocenters. The van der Waals surface area contributed by atoms with Crippen LogP contribution < -0.4 is 10.1 Å². The molecule has 0 saturated carbocycles. The van der Waals surface area contributed by atoms with E-state index in [2.05, 4.69) is 27.2 Å². The molecule has 1 fully saturated rings. The number of rotatable bonds is 7. The Hall–Kier alpha value is -2.78. The number of hydrogen-bond acceptors (Lipinski definition) is 3. The first kappa shape index (κ1) is 20.9. The molecule has 150 valence electrons. The van der Waals surface area contributed by atoms with Crippen LogP contribution in [-0.4, -0.2) is 42.5 Å². The minimum atomic E-state index is -0.411. The van der Waals surface area contributed by atoms with Crippen molar-refractivity contribution in [2.75, 3.05) is 19.7 Å². The van der Waals surface area contributed by atoms with Crippen LogP contribution in [0.5, 0.6) is 5.75 Å². The Kier molecular flexibility index (Phi) is 7.31. The standard InChI is InChI=1S/C23H23BrN2O3/c1-2-16-29-20-11-5-17(6-12-20)13-14-25-22(27)21-4-3-15-26(21)23(28)18-7-9-19(24)10-8-18/h1,5-12,21H,3-4,13-16H2,(H,25,27). The third-order valence-corrected chi connectivity index (χ3v) is 5.39. The Balaban J connectivity index is 1.51. The van der Waals surface area contributed by atoms with Gasteiger partial charge in [-0.1, -0.05) is 34.0 Å². The third-order valence-electron chi connectivity index (χ3n) is 4.87. The maximum absolute atomic E-state index is 12.8. The van der Waals surface area contributed by atoms with Crippen LogP contribution in [0.2, 0.25) is 0 Å². The molecule has 0 spiro atoms. The molecule has 0 radical (unpaired) electrons. The third kappa shape index (κ3) is 5.61. The second-order valence-corrected chi connectivity index (χ2v) is 7.76. The monoisotopic (exact) mass is 454 g/mol. The van der Waals surface area contributed by atoms with E-state index in [1.54, 1.807) is 17.0 Å². The van der Waals surface area contributed by atoms with E-state index in [0.717, 1.165) is 22.2 Å². The highest BCUT2D eigenvalue weighted by Gasteiger charge is 2.34. The van der Waals surface area contributed by atoms with Gasteiger partial charge in [-0.25, -0.2) is 0 Å². The largest absolute Gasteiger partial charge is 0.481 e. The zero-order valence-electron chi connectivity index (χ0n) is 16.1. The normalized spacial score (nSPS) is 15.6. The van der Waals surface area contributed by atoms with E-state index < -0.39 is 6.04 Å². The van der Waals surface area contributed by atoms with Crippen LogP contribution in [0.1, 0.15) is 28.8 Å². The molecule has 2 amide bonds. The fraction of sp³-hybridized carbons (Fsp3) is 0.304. The molecule has 5 nitrogen and oxygen atoms in total. The van der Waals surface area contributed by atoms with Crippen molar-refractivity contribution in [3.8, 4) is 18.1 Å². The van der Waals surface area contributed by atoms with Crippen LogP contribution in [-0.2, 0) is 11.2 Å². The minimum absolute atomic E-state index is 0.0954. The fourth-order valence-electron chi connectivity index (χ4n) is 3.37. The molecule has 2 aromatic rings. The number of hydrogen-bond donors (Lipinski definition) is 1. The lowest BCUT2D eigenvalue weighted by Gasteiger charge is -2.24. The average Bonchev–Trinajstić information content (AvgIpc) is 3.23. The fourth-order valence-corrected chi connectivity index (χ4v) is 3.63. The van der Waals surface area contributed by atoms with E-state index in [9.17, 15) is 9.59 Å². The number of carbonyl (C=O) groups excluding carboxylic acids is 2. The van der Waals surface area contributed by atoms with Crippen molar-refractivity contribution in [3.63, 3.8) is 0 Å². The second kappa shape index (κ2) is 10.1. The van der Waals surface area contributed by atoms with Crippen molar-refractivity contribution in [3.05, 3.63) is 64.1 Å². The number of ether oxygens (including phenoxy) is 1. The van der Waals surface area contributed by atoms with Gasteiger partial charge >= 0.3 is 0 Å². The van der Waals surface area contributed by atoms with E-state index in [1.807, 2.05) is 36.4 Å². The van der Waals surface area contributed by atoms with Gasteiger partial charge in [0, 0.05) is 23.1 Å². The molecule has 3 rings (SSSR count). The van der Waals surface area contributed by atoms with E-state index in [1.165, 1.54) is 0 Å². The predicted molar refractivity (Wildman–Crippen MR) is 116 cm³/mol. The molecular formula is C23H23BrN2O3. The van der Waals surface area contributed by atoms with Gasteiger partial charge in [-0.3, -0.25) is 9.59 Å². The molecule has 1 heterocycles. The Morgan fingerprint density at radius 3 is 2.59 bits per heavy atom. The summed E-state index contributed by atoms with van der Waals surface area (Å²) in [6.07, 6.45) is 7.40. The van der Waals surface area contributed by atoms with E-state index in [-0.39, 0.29) is 18.4 Å². The van der Waals surface area contributed by atoms with Gasteiger partial charge in [0.15, 0.2) is 0 Å². The van der Waals surface area contributed by atoms with Crippen LogP contribution in [0.3, 0.4) is 0 Å². The van der Waals surface area contributed by atoms with Gasteiger partial charge in [0.05, 0.1) is 0 Å². The number of carbonyl (C=O) groups is 2. The van der Waals surface area contributed by atoms with Crippen molar-refractivity contribution in [1.29, 1.82) is 0 Å². The summed E-state index contributed by atoms with van der Waals surface area (Å²) in [6.45, 7) is 1.36. The summed E-state index contributed by atoms with van der Waals surface area (Å²) in [5, 5.41) is 2.97. The zero-order chi connectivity index (χ0) is 20.6. The topological polar surface area (TPSA) is 58.6 Å². The second-order valence-electron chi connectivity index (χ2n) is 6.84. The summed E-state index contributed by atoms with van der Waals surface area (Å²) in [5.74, 6) is 2.96. The van der Waals surface area contributed by atoms with Crippen molar-refractivity contribution in [1.82, 2.24) is 10.2 Å². The van der Waals surface area contributed by atoms with E-state index in [0.29, 0.717) is 31.5 Å². The van der Waals surface area contributed by atoms with Gasteiger partial charge in [0.1, 0.15) is 18.4 Å². The molecule has 1 saturated heterocycles. The molecular weight excluding hydrogens is 432 g/mol. The van der Waals surface area contributed by atoms with Gasteiger partial charge < -0.3 is 15.0 Å². The minimum Gasteiger partial charge on any atom is -0.481 e. The van der Waals surface area contributed by atoms with Crippen LogP contribution >= 0.6 is 15.9 Å². The van der Waals surface area contributed by atoms with Crippen LogP contribution in [0.25, 0.3) is 0 Å². The van der Waals surface area contributed by atoms with Crippen molar-refractivity contribution < 1.29 is 14.3 Å². The predicted octanol–water partition coefficient (Wildman–Crippen LogP) is 3.42. The van der Waals surface area contributed by atoms with Gasteiger partial charge in [0.2, 0.25) is 5.91 Å². The number of likely N-dealkylation sites (tertiary alicyclic amines) is 1. The lowest BCUT2D eigenvalue weighted by atomic mass is 10.1. The first-order valence-electron chi connectivity index (χ1n) is 9.58. The molecule has 1 unspecified atom stereocenters. The highest BCUT2D eigenvalue weighted by Crippen LogP contribution is 2.21. The maximum Gasteiger partial charge on any atom is 0.254 e. The molecule has 1 aliphatic rings. The molecule has 1 aliphatic heterocycles. The summed E-state index contributed by atoms with van der Waals surface area (Å²) in [6, 6.07) is 14.4. The average molecular weight is 455 g/mol. The Morgan fingerprint density at radius 2 is 1.90 bits per heavy atom.